The molecular weight excluding hydrogens is 342 g/mol. The van der Waals surface area contributed by atoms with Crippen LogP contribution in [0.3, 0.4) is 0 Å². The van der Waals surface area contributed by atoms with Gasteiger partial charge in [-0.05, 0) is 42.5 Å². The Kier molecular flexibility index (Phi) is 4.50. The van der Waals surface area contributed by atoms with Gasteiger partial charge < -0.3 is 5.32 Å². The Morgan fingerprint density at radius 3 is 2.81 bits per heavy atom. The van der Waals surface area contributed by atoms with Crippen LogP contribution in [0.25, 0.3) is 11.4 Å². The van der Waals surface area contributed by atoms with E-state index < -0.39 is 0 Å². The summed E-state index contributed by atoms with van der Waals surface area (Å²) in [6.45, 7) is 0.0618. The Hall–Kier alpha value is -3.35. The summed E-state index contributed by atoms with van der Waals surface area (Å²) in [5, 5.41) is 2.99. The first-order valence-electron chi connectivity index (χ1n) is 8.85. The van der Waals surface area contributed by atoms with Crippen molar-refractivity contribution < 1.29 is 4.79 Å². The van der Waals surface area contributed by atoms with Crippen LogP contribution in [-0.4, -0.2) is 31.8 Å². The molecule has 4 rings (SSSR count). The number of hydrogen-bond donors (Lipinski definition) is 1. The van der Waals surface area contributed by atoms with Crippen molar-refractivity contribution in [2.75, 3.05) is 11.9 Å². The van der Waals surface area contributed by atoms with Gasteiger partial charge in [0.2, 0.25) is 5.95 Å². The van der Waals surface area contributed by atoms with Crippen molar-refractivity contribution in [2.45, 2.75) is 19.3 Å². The van der Waals surface area contributed by atoms with Gasteiger partial charge in [0.25, 0.3) is 5.56 Å². The summed E-state index contributed by atoms with van der Waals surface area (Å²) in [5.74, 6) is 0.289. The number of ketones is 1. The topological polar surface area (TPSA) is 89.8 Å². The number of fused-ring (bicyclic) bond motifs is 1. The fourth-order valence-electron chi connectivity index (χ4n) is 3.28. The lowest BCUT2D eigenvalue weighted by Crippen LogP contribution is -2.24. The first-order chi connectivity index (χ1) is 13.1. The summed E-state index contributed by atoms with van der Waals surface area (Å²) in [4.78, 5) is 37.2. The molecule has 0 atom stereocenters. The summed E-state index contributed by atoms with van der Waals surface area (Å²) >= 11 is 0. The minimum atomic E-state index is -0.230. The molecule has 2 aromatic heterocycles. The molecule has 1 aliphatic rings. The molecule has 0 aliphatic heterocycles. The van der Waals surface area contributed by atoms with Crippen LogP contribution in [0, 0.1) is 0 Å². The van der Waals surface area contributed by atoms with E-state index in [1.54, 1.807) is 19.3 Å². The average molecular weight is 361 g/mol. The standard InChI is InChI=1S/C20H19N5O2/c1-25-19(27)10-17(16-7-8-21-12-23-16)24-20(25)22-11-18(26)15-6-5-13-3-2-4-14(13)9-15/h5-10,12H,2-4,11H2,1H3,(H,22,24). The molecule has 0 saturated carbocycles. The number of rotatable bonds is 5. The Bertz CT molecular complexity index is 1060. The zero-order valence-electron chi connectivity index (χ0n) is 15.0. The summed E-state index contributed by atoms with van der Waals surface area (Å²) in [6, 6.07) is 8.99. The fraction of sp³-hybridized carbons (Fsp3) is 0.250. The van der Waals surface area contributed by atoms with Gasteiger partial charge in [-0.2, -0.15) is 0 Å². The van der Waals surface area contributed by atoms with Crippen molar-refractivity contribution in [3.05, 3.63) is 69.9 Å². The van der Waals surface area contributed by atoms with Crippen LogP contribution in [0.15, 0.2) is 47.7 Å². The normalized spacial score (nSPS) is 12.6. The molecule has 3 aromatic rings. The molecule has 136 valence electrons. The highest BCUT2D eigenvalue weighted by Gasteiger charge is 2.15. The summed E-state index contributed by atoms with van der Waals surface area (Å²) in [7, 11) is 1.61. The van der Waals surface area contributed by atoms with Crippen molar-refractivity contribution in [2.24, 2.45) is 7.05 Å². The molecular formula is C20H19N5O2. The molecule has 0 saturated heterocycles. The number of Topliss-reactive ketones (excluding diaryl/α,β-unsaturated/α-hetero) is 1. The monoisotopic (exact) mass is 361 g/mol. The number of nitrogens with one attached hydrogen (secondary N) is 1. The van der Waals surface area contributed by atoms with Gasteiger partial charge in [0.15, 0.2) is 5.78 Å². The molecule has 7 heteroatoms. The van der Waals surface area contributed by atoms with Crippen molar-refractivity contribution in [3.63, 3.8) is 0 Å². The largest absolute Gasteiger partial charge is 0.348 e. The minimum absolute atomic E-state index is 0.0358. The van der Waals surface area contributed by atoms with E-state index in [1.165, 1.54) is 28.1 Å². The molecule has 2 heterocycles. The highest BCUT2D eigenvalue weighted by molar-refractivity contribution is 5.99. The SMILES string of the molecule is Cn1c(NCC(=O)c2ccc3c(c2)CCC3)nc(-c2ccncn2)cc1=O. The molecule has 1 N–H and O–H groups in total. The lowest BCUT2D eigenvalue weighted by atomic mass is 10.0. The number of nitrogens with zero attached hydrogens (tertiary/aromatic N) is 4. The van der Waals surface area contributed by atoms with Gasteiger partial charge >= 0.3 is 0 Å². The quantitative estimate of drug-likeness (QED) is 0.699. The molecule has 0 radical (unpaired) electrons. The van der Waals surface area contributed by atoms with Crippen molar-refractivity contribution >= 4 is 11.7 Å². The third-order valence-corrected chi connectivity index (χ3v) is 4.81. The van der Waals surface area contributed by atoms with Gasteiger partial charge in [-0.15, -0.1) is 0 Å². The van der Waals surface area contributed by atoms with Crippen LogP contribution in [0.2, 0.25) is 0 Å². The van der Waals surface area contributed by atoms with Crippen LogP contribution in [-0.2, 0) is 19.9 Å². The van der Waals surface area contributed by atoms with Crippen LogP contribution < -0.4 is 10.9 Å². The summed E-state index contributed by atoms with van der Waals surface area (Å²) < 4.78 is 1.38. The van der Waals surface area contributed by atoms with Gasteiger partial charge in [0.1, 0.15) is 6.33 Å². The fourth-order valence-corrected chi connectivity index (χ4v) is 3.28. The highest BCUT2D eigenvalue weighted by atomic mass is 16.1. The molecule has 0 bridgehead atoms. The van der Waals surface area contributed by atoms with Crippen LogP contribution >= 0.6 is 0 Å². The van der Waals surface area contributed by atoms with Crippen LogP contribution in [0.4, 0.5) is 5.95 Å². The van der Waals surface area contributed by atoms with E-state index in [0.29, 0.717) is 22.9 Å². The maximum absolute atomic E-state index is 12.6. The number of aromatic nitrogens is 4. The number of aryl methyl sites for hydroxylation is 2. The van der Waals surface area contributed by atoms with Crippen molar-refractivity contribution in [1.82, 2.24) is 19.5 Å². The van der Waals surface area contributed by atoms with Crippen LogP contribution in [0.5, 0.6) is 0 Å². The highest BCUT2D eigenvalue weighted by Crippen LogP contribution is 2.23. The third kappa shape index (κ3) is 3.48. The van der Waals surface area contributed by atoms with E-state index in [2.05, 4.69) is 20.3 Å². The average Bonchev–Trinajstić information content (AvgIpc) is 3.17. The molecule has 7 nitrogen and oxygen atoms in total. The van der Waals surface area contributed by atoms with Gasteiger partial charge in [0, 0.05) is 24.9 Å². The van der Waals surface area contributed by atoms with Gasteiger partial charge in [-0.1, -0.05) is 12.1 Å². The first kappa shape index (κ1) is 17.1. The second-order valence-electron chi connectivity index (χ2n) is 6.57. The first-order valence-corrected chi connectivity index (χ1v) is 8.85. The number of anilines is 1. The van der Waals surface area contributed by atoms with E-state index in [9.17, 15) is 9.59 Å². The zero-order chi connectivity index (χ0) is 18.8. The molecule has 0 unspecified atom stereocenters. The Labute approximate surface area is 156 Å². The Morgan fingerprint density at radius 2 is 2.00 bits per heavy atom. The summed E-state index contributed by atoms with van der Waals surface area (Å²) in [5.41, 5.74) is 4.04. The maximum atomic E-state index is 12.6. The number of hydrogen-bond acceptors (Lipinski definition) is 6. The molecule has 0 spiro atoms. The zero-order valence-corrected chi connectivity index (χ0v) is 15.0. The predicted octanol–water partition coefficient (Wildman–Crippen LogP) is 2.02. The Morgan fingerprint density at radius 1 is 1.15 bits per heavy atom. The predicted molar refractivity (Wildman–Crippen MR) is 102 cm³/mol. The van der Waals surface area contributed by atoms with Crippen LogP contribution in [0.1, 0.15) is 27.9 Å². The molecule has 0 amide bonds. The minimum Gasteiger partial charge on any atom is -0.348 e. The number of carbonyl (C=O) groups is 1. The second-order valence-corrected chi connectivity index (χ2v) is 6.57. The molecule has 1 aliphatic carbocycles. The lowest BCUT2D eigenvalue weighted by molar-refractivity contribution is 0.101. The van der Waals surface area contributed by atoms with E-state index in [-0.39, 0.29) is 17.9 Å². The van der Waals surface area contributed by atoms with Gasteiger partial charge in [0.05, 0.1) is 17.9 Å². The molecule has 1 aromatic carbocycles. The van der Waals surface area contributed by atoms with Gasteiger partial charge in [-0.3, -0.25) is 14.2 Å². The maximum Gasteiger partial charge on any atom is 0.255 e. The van der Waals surface area contributed by atoms with Gasteiger partial charge in [-0.25, -0.2) is 15.0 Å². The lowest BCUT2D eigenvalue weighted by Gasteiger charge is -2.11. The van der Waals surface area contributed by atoms with E-state index in [0.717, 1.165) is 19.3 Å². The van der Waals surface area contributed by atoms with E-state index >= 15 is 0 Å². The Balaban J connectivity index is 1.55. The third-order valence-electron chi connectivity index (χ3n) is 4.81. The number of carbonyl (C=O) groups excluding carboxylic acids is 1. The molecule has 0 fully saturated rings. The number of benzene rings is 1. The van der Waals surface area contributed by atoms with Crippen molar-refractivity contribution in [1.29, 1.82) is 0 Å². The summed E-state index contributed by atoms with van der Waals surface area (Å²) in [6.07, 6.45) is 6.25. The second kappa shape index (κ2) is 7.11. The van der Waals surface area contributed by atoms with E-state index in [1.807, 2.05) is 18.2 Å². The smallest absolute Gasteiger partial charge is 0.255 e. The van der Waals surface area contributed by atoms with E-state index in [4.69, 9.17) is 0 Å². The van der Waals surface area contributed by atoms with Crippen molar-refractivity contribution in [3.8, 4) is 11.4 Å². The molecule has 27 heavy (non-hydrogen) atoms.